The molecular weight excluding hydrogens is 246 g/mol. The number of hydrogen-bond donors (Lipinski definition) is 1. The summed E-state index contributed by atoms with van der Waals surface area (Å²) in [5, 5.41) is 0. The van der Waals surface area contributed by atoms with Crippen molar-refractivity contribution in [1.82, 2.24) is 9.80 Å². The Bertz CT molecular complexity index is 390. The lowest BCUT2D eigenvalue weighted by atomic mass is 9.96. The van der Waals surface area contributed by atoms with Crippen LogP contribution in [0.5, 0.6) is 0 Å². The van der Waals surface area contributed by atoms with Gasteiger partial charge in [-0.2, -0.15) is 0 Å². The van der Waals surface area contributed by atoms with E-state index in [1.165, 1.54) is 24.9 Å². The first-order valence-electron chi connectivity index (χ1n) is 7.84. The first-order chi connectivity index (χ1) is 9.63. The van der Waals surface area contributed by atoms with E-state index in [4.69, 9.17) is 5.73 Å². The van der Waals surface area contributed by atoms with Crippen LogP contribution < -0.4 is 5.73 Å². The van der Waals surface area contributed by atoms with Gasteiger partial charge in [0.05, 0.1) is 0 Å². The van der Waals surface area contributed by atoms with Gasteiger partial charge in [-0.05, 0) is 45.5 Å². The lowest BCUT2D eigenvalue weighted by Crippen LogP contribution is -2.48. The summed E-state index contributed by atoms with van der Waals surface area (Å²) >= 11 is 0. The van der Waals surface area contributed by atoms with Gasteiger partial charge in [-0.1, -0.05) is 37.3 Å². The molecule has 0 aromatic heterocycles. The van der Waals surface area contributed by atoms with Crippen molar-refractivity contribution in [3.05, 3.63) is 35.9 Å². The van der Waals surface area contributed by atoms with Crippen LogP contribution in [0.1, 0.15) is 37.8 Å². The highest BCUT2D eigenvalue weighted by Crippen LogP contribution is 2.28. The maximum atomic E-state index is 6.57. The van der Waals surface area contributed by atoms with E-state index in [-0.39, 0.29) is 6.04 Å². The summed E-state index contributed by atoms with van der Waals surface area (Å²) in [6.07, 6.45) is 3.71. The highest BCUT2D eigenvalue weighted by Gasteiger charge is 2.33. The summed E-state index contributed by atoms with van der Waals surface area (Å²) in [6.45, 7) is 4.59. The summed E-state index contributed by atoms with van der Waals surface area (Å²) in [7, 11) is 4.32. The van der Waals surface area contributed by atoms with E-state index in [0.717, 1.165) is 13.0 Å². The summed E-state index contributed by atoms with van der Waals surface area (Å²) in [5.74, 6) is 0. The molecule has 1 aliphatic heterocycles. The fourth-order valence-electron chi connectivity index (χ4n) is 3.50. The lowest BCUT2D eigenvalue weighted by molar-refractivity contribution is 0.129. The third kappa shape index (κ3) is 3.60. The Morgan fingerprint density at radius 1 is 1.30 bits per heavy atom. The summed E-state index contributed by atoms with van der Waals surface area (Å²) < 4.78 is 0. The van der Waals surface area contributed by atoms with Gasteiger partial charge in [0, 0.05) is 24.7 Å². The van der Waals surface area contributed by atoms with Crippen LogP contribution in [0.2, 0.25) is 0 Å². The van der Waals surface area contributed by atoms with Crippen LogP contribution in [-0.4, -0.2) is 49.1 Å². The number of likely N-dealkylation sites (tertiary alicyclic amines) is 1. The molecule has 2 rings (SSSR count). The first-order valence-corrected chi connectivity index (χ1v) is 7.84. The molecule has 1 heterocycles. The van der Waals surface area contributed by atoms with Crippen molar-refractivity contribution in [2.24, 2.45) is 5.73 Å². The second-order valence-corrected chi connectivity index (χ2v) is 6.21. The monoisotopic (exact) mass is 275 g/mol. The van der Waals surface area contributed by atoms with Crippen LogP contribution in [0.15, 0.2) is 30.3 Å². The minimum atomic E-state index is 0.115. The predicted octanol–water partition coefficient (Wildman–Crippen LogP) is 2.49. The third-order valence-corrected chi connectivity index (χ3v) is 4.44. The molecule has 3 unspecified atom stereocenters. The molecule has 0 aliphatic carbocycles. The number of benzene rings is 1. The third-order valence-electron chi connectivity index (χ3n) is 4.44. The average molecular weight is 275 g/mol. The Hall–Kier alpha value is -0.900. The molecule has 3 heteroatoms. The van der Waals surface area contributed by atoms with Gasteiger partial charge in [0.2, 0.25) is 0 Å². The van der Waals surface area contributed by atoms with Crippen molar-refractivity contribution in [2.45, 2.75) is 44.3 Å². The second-order valence-electron chi connectivity index (χ2n) is 6.21. The van der Waals surface area contributed by atoms with E-state index in [1.54, 1.807) is 0 Å². The van der Waals surface area contributed by atoms with Crippen LogP contribution in [0, 0.1) is 0 Å². The molecule has 3 atom stereocenters. The molecule has 1 aliphatic rings. The van der Waals surface area contributed by atoms with Gasteiger partial charge >= 0.3 is 0 Å². The molecule has 112 valence electrons. The Kier molecular flexibility index (Phi) is 5.58. The van der Waals surface area contributed by atoms with Crippen molar-refractivity contribution in [3.63, 3.8) is 0 Å². The molecule has 20 heavy (non-hydrogen) atoms. The van der Waals surface area contributed by atoms with Gasteiger partial charge in [-0.3, -0.25) is 4.90 Å². The maximum Gasteiger partial charge on any atom is 0.0453 e. The Morgan fingerprint density at radius 2 is 2.00 bits per heavy atom. The number of nitrogens with two attached hydrogens (primary N) is 1. The van der Waals surface area contributed by atoms with Crippen molar-refractivity contribution in [1.29, 1.82) is 0 Å². The molecule has 0 saturated carbocycles. The minimum absolute atomic E-state index is 0.115. The van der Waals surface area contributed by atoms with Gasteiger partial charge < -0.3 is 10.6 Å². The summed E-state index contributed by atoms with van der Waals surface area (Å²) in [4.78, 5) is 4.95. The Balaban J connectivity index is 2.10. The molecule has 0 amide bonds. The van der Waals surface area contributed by atoms with Gasteiger partial charge in [-0.15, -0.1) is 0 Å². The maximum absolute atomic E-state index is 6.57. The van der Waals surface area contributed by atoms with Crippen molar-refractivity contribution in [2.75, 3.05) is 27.2 Å². The Morgan fingerprint density at radius 3 is 2.60 bits per heavy atom. The quantitative estimate of drug-likeness (QED) is 0.866. The zero-order valence-corrected chi connectivity index (χ0v) is 13.1. The number of nitrogens with zero attached hydrogens (tertiary/aromatic N) is 2. The standard InChI is InChI=1S/C17H29N3/c1-4-16(17(18)14-9-6-5-7-10-14)20-12-8-11-15(20)13-19(2)3/h5-7,9-10,15-17H,4,8,11-13,18H2,1-3H3. The smallest absolute Gasteiger partial charge is 0.0453 e. The van der Waals surface area contributed by atoms with Gasteiger partial charge in [-0.25, -0.2) is 0 Å². The zero-order valence-electron chi connectivity index (χ0n) is 13.1. The molecule has 1 aromatic carbocycles. The van der Waals surface area contributed by atoms with Crippen molar-refractivity contribution in [3.8, 4) is 0 Å². The molecule has 2 N–H and O–H groups in total. The molecule has 0 radical (unpaired) electrons. The average Bonchev–Trinajstić information content (AvgIpc) is 2.88. The fourth-order valence-corrected chi connectivity index (χ4v) is 3.50. The highest BCUT2D eigenvalue weighted by atomic mass is 15.2. The van der Waals surface area contributed by atoms with Gasteiger partial charge in [0.25, 0.3) is 0 Å². The summed E-state index contributed by atoms with van der Waals surface area (Å²) in [5.41, 5.74) is 7.83. The normalized spacial score (nSPS) is 23.1. The zero-order chi connectivity index (χ0) is 14.5. The van der Waals surface area contributed by atoms with E-state index in [1.807, 2.05) is 0 Å². The molecular formula is C17H29N3. The van der Waals surface area contributed by atoms with Crippen LogP contribution >= 0.6 is 0 Å². The molecule has 0 bridgehead atoms. The minimum Gasteiger partial charge on any atom is -0.323 e. The largest absolute Gasteiger partial charge is 0.323 e. The predicted molar refractivity (Wildman–Crippen MR) is 85.7 cm³/mol. The van der Waals surface area contributed by atoms with Gasteiger partial charge in [0.1, 0.15) is 0 Å². The first kappa shape index (κ1) is 15.5. The summed E-state index contributed by atoms with van der Waals surface area (Å²) in [6, 6.07) is 11.8. The number of hydrogen-bond acceptors (Lipinski definition) is 3. The van der Waals surface area contributed by atoms with Crippen molar-refractivity contribution < 1.29 is 0 Å². The van der Waals surface area contributed by atoms with Gasteiger partial charge in [0.15, 0.2) is 0 Å². The van der Waals surface area contributed by atoms with Crippen LogP contribution in [0.3, 0.4) is 0 Å². The SMILES string of the molecule is CCC(C(N)c1ccccc1)N1CCCC1CN(C)C. The highest BCUT2D eigenvalue weighted by molar-refractivity contribution is 5.20. The number of rotatable bonds is 6. The number of likely N-dealkylation sites (N-methyl/N-ethyl adjacent to an activating group) is 1. The van der Waals surface area contributed by atoms with Crippen molar-refractivity contribution >= 4 is 0 Å². The topological polar surface area (TPSA) is 32.5 Å². The fraction of sp³-hybridized carbons (Fsp3) is 0.647. The lowest BCUT2D eigenvalue weighted by Gasteiger charge is -2.37. The molecule has 1 aromatic rings. The molecule has 0 spiro atoms. The van der Waals surface area contributed by atoms with E-state index < -0.39 is 0 Å². The van der Waals surface area contributed by atoms with Crippen LogP contribution in [0.4, 0.5) is 0 Å². The molecule has 1 fully saturated rings. The second kappa shape index (κ2) is 7.21. The Labute approximate surface area is 123 Å². The molecule has 1 saturated heterocycles. The van der Waals surface area contributed by atoms with Crippen LogP contribution in [0.25, 0.3) is 0 Å². The van der Waals surface area contributed by atoms with E-state index >= 15 is 0 Å². The van der Waals surface area contributed by atoms with E-state index in [0.29, 0.717) is 12.1 Å². The molecule has 3 nitrogen and oxygen atoms in total. The van der Waals surface area contributed by atoms with Crippen LogP contribution in [-0.2, 0) is 0 Å². The van der Waals surface area contributed by atoms with E-state index in [9.17, 15) is 0 Å². The van der Waals surface area contributed by atoms with E-state index in [2.05, 4.69) is 61.2 Å².